The third-order valence-electron chi connectivity index (χ3n) is 1.94. The molecule has 0 aliphatic heterocycles. The lowest BCUT2D eigenvalue weighted by atomic mass is 10.3. The summed E-state index contributed by atoms with van der Waals surface area (Å²) >= 11 is 11.1. The Bertz CT molecular complexity index is 575. The van der Waals surface area contributed by atoms with Crippen molar-refractivity contribution in [2.75, 3.05) is 24.6 Å². The molecule has 0 aliphatic rings. The first kappa shape index (κ1) is 15.9. The summed E-state index contributed by atoms with van der Waals surface area (Å²) in [7, 11) is -0.689. The van der Waals surface area contributed by atoms with Gasteiger partial charge in [-0.1, -0.05) is 11.6 Å². The van der Waals surface area contributed by atoms with Crippen LogP contribution in [0.25, 0.3) is 0 Å². The van der Waals surface area contributed by atoms with Crippen LogP contribution in [0.15, 0.2) is 18.2 Å². The molecular weight excluding hydrogens is 315 g/mol. The van der Waals surface area contributed by atoms with Gasteiger partial charge in [-0.15, -0.1) is 11.6 Å². The molecule has 0 aromatic heterocycles. The molecule has 0 unspecified atom stereocenters. The summed E-state index contributed by atoms with van der Waals surface area (Å²) in [6.07, 6.45) is 0. The Morgan fingerprint density at radius 1 is 1.42 bits per heavy atom. The number of nitrogens with zero attached hydrogens (tertiary/aromatic N) is 1. The highest BCUT2D eigenvalue weighted by atomic mass is 35.5. The van der Waals surface area contributed by atoms with Gasteiger partial charge in [0.2, 0.25) is 0 Å². The number of nitrogens with one attached hydrogen (secondary N) is 1. The first-order valence-electron chi connectivity index (χ1n) is 5.01. The van der Waals surface area contributed by atoms with Crippen molar-refractivity contribution in [3.8, 4) is 5.75 Å². The van der Waals surface area contributed by atoms with Gasteiger partial charge in [0.05, 0.1) is 5.02 Å². The molecule has 0 saturated carbocycles. The van der Waals surface area contributed by atoms with Crippen molar-refractivity contribution in [1.29, 1.82) is 0 Å². The van der Waals surface area contributed by atoms with Gasteiger partial charge in [-0.2, -0.15) is 8.42 Å². The van der Waals surface area contributed by atoms with Crippen LogP contribution in [0.4, 0.5) is 10.5 Å². The van der Waals surface area contributed by atoms with Gasteiger partial charge < -0.3 is 14.4 Å². The van der Waals surface area contributed by atoms with Gasteiger partial charge in [0.1, 0.15) is 0 Å². The van der Waals surface area contributed by atoms with Crippen LogP contribution in [0.3, 0.4) is 0 Å². The van der Waals surface area contributed by atoms with Crippen molar-refractivity contribution in [2.24, 2.45) is 0 Å². The van der Waals surface area contributed by atoms with Crippen LogP contribution in [0.2, 0.25) is 5.02 Å². The molecule has 0 spiro atoms. The zero-order chi connectivity index (χ0) is 14.6. The second-order valence-corrected chi connectivity index (χ2v) is 6.28. The lowest BCUT2D eigenvalue weighted by Gasteiger charge is -2.13. The van der Waals surface area contributed by atoms with Gasteiger partial charge in [-0.25, -0.2) is 4.79 Å². The molecule has 19 heavy (non-hydrogen) atoms. The van der Waals surface area contributed by atoms with Crippen LogP contribution in [0.5, 0.6) is 5.75 Å². The Morgan fingerprint density at radius 3 is 2.53 bits per heavy atom. The molecular formula is C10H12Cl2N2O4S. The van der Waals surface area contributed by atoms with Gasteiger partial charge in [0.15, 0.2) is 11.0 Å². The van der Waals surface area contributed by atoms with Crippen molar-refractivity contribution in [3.05, 3.63) is 23.2 Å². The molecule has 0 heterocycles. The van der Waals surface area contributed by atoms with E-state index in [4.69, 9.17) is 23.2 Å². The van der Waals surface area contributed by atoms with E-state index >= 15 is 0 Å². The largest absolute Gasteiger partial charge is 0.380 e. The number of rotatable bonds is 4. The Labute approximate surface area is 121 Å². The summed E-state index contributed by atoms with van der Waals surface area (Å²) in [6, 6.07) is 3.84. The molecule has 6 nitrogen and oxygen atoms in total. The van der Waals surface area contributed by atoms with E-state index < -0.39 is 15.3 Å². The fourth-order valence-electron chi connectivity index (χ4n) is 1.04. The SMILES string of the molecule is CN(C)C(=O)Nc1ccc(OS(=O)(=O)CCl)c(Cl)c1. The van der Waals surface area contributed by atoms with E-state index in [1.165, 1.54) is 23.1 Å². The van der Waals surface area contributed by atoms with Crippen LogP contribution in [-0.2, 0) is 10.1 Å². The van der Waals surface area contributed by atoms with E-state index in [1.54, 1.807) is 14.1 Å². The summed E-state index contributed by atoms with van der Waals surface area (Å²) in [5.41, 5.74) is 0.416. The van der Waals surface area contributed by atoms with Crippen molar-refractivity contribution >= 4 is 45.0 Å². The number of carbonyl (C=O) groups is 1. The van der Waals surface area contributed by atoms with Crippen molar-refractivity contribution in [1.82, 2.24) is 4.90 Å². The maximum absolute atomic E-state index is 11.4. The van der Waals surface area contributed by atoms with Crippen LogP contribution in [-0.4, -0.2) is 38.7 Å². The van der Waals surface area contributed by atoms with Gasteiger partial charge in [-0.05, 0) is 18.2 Å². The molecule has 1 N–H and O–H groups in total. The Balaban J connectivity index is 2.89. The molecule has 1 aromatic carbocycles. The molecule has 0 bridgehead atoms. The molecule has 1 aromatic rings. The predicted molar refractivity (Wildman–Crippen MR) is 74.4 cm³/mol. The lowest BCUT2D eigenvalue weighted by molar-refractivity contribution is 0.230. The average Bonchev–Trinajstić information content (AvgIpc) is 2.32. The quantitative estimate of drug-likeness (QED) is 0.680. The van der Waals surface area contributed by atoms with E-state index in [0.29, 0.717) is 5.69 Å². The maximum atomic E-state index is 11.4. The summed E-state index contributed by atoms with van der Waals surface area (Å²) in [4.78, 5) is 12.8. The van der Waals surface area contributed by atoms with Crippen molar-refractivity contribution < 1.29 is 17.4 Å². The molecule has 2 amide bonds. The lowest BCUT2D eigenvalue weighted by Crippen LogP contribution is -2.27. The number of carbonyl (C=O) groups excluding carboxylic acids is 1. The molecule has 106 valence electrons. The minimum absolute atomic E-state index is 0.0465. The number of benzene rings is 1. The number of hydrogen-bond donors (Lipinski definition) is 1. The molecule has 0 saturated heterocycles. The summed E-state index contributed by atoms with van der Waals surface area (Å²) in [5.74, 6) is -0.0508. The molecule has 0 fully saturated rings. The number of anilines is 1. The fourth-order valence-corrected chi connectivity index (χ4v) is 1.90. The van der Waals surface area contributed by atoms with Crippen LogP contribution < -0.4 is 9.50 Å². The third-order valence-corrected chi connectivity index (χ3v) is 3.74. The number of amides is 2. The first-order chi connectivity index (χ1) is 8.75. The van der Waals surface area contributed by atoms with E-state index in [9.17, 15) is 13.2 Å². The summed E-state index contributed by atoms with van der Waals surface area (Å²) in [6.45, 7) is 0. The fraction of sp³-hybridized carbons (Fsp3) is 0.300. The number of urea groups is 1. The number of alkyl halides is 1. The van der Waals surface area contributed by atoms with Gasteiger partial charge in [0, 0.05) is 19.8 Å². The normalized spacial score (nSPS) is 10.9. The van der Waals surface area contributed by atoms with E-state index in [0.717, 1.165) is 0 Å². The molecule has 0 aliphatic carbocycles. The Kier molecular flexibility index (Phi) is 5.28. The van der Waals surface area contributed by atoms with E-state index in [2.05, 4.69) is 9.50 Å². The Hall–Kier alpha value is -1.18. The van der Waals surface area contributed by atoms with E-state index in [-0.39, 0.29) is 16.8 Å². The molecule has 0 atom stereocenters. The minimum atomic E-state index is -3.86. The minimum Gasteiger partial charge on any atom is -0.380 e. The zero-order valence-electron chi connectivity index (χ0n) is 10.2. The second kappa shape index (κ2) is 6.31. The molecule has 0 radical (unpaired) electrons. The number of hydrogen-bond acceptors (Lipinski definition) is 4. The van der Waals surface area contributed by atoms with Crippen LogP contribution in [0.1, 0.15) is 0 Å². The monoisotopic (exact) mass is 326 g/mol. The van der Waals surface area contributed by atoms with Crippen molar-refractivity contribution in [3.63, 3.8) is 0 Å². The average molecular weight is 327 g/mol. The van der Waals surface area contributed by atoms with Gasteiger partial charge in [0.25, 0.3) is 0 Å². The highest BCUT2D eigenvalue weighted by Crippen LogP contribution is 2.29. The topological polar surface area (TPSA) is 75.7 Å². The highest BCUT2D eigenvalue weighted by Gasteiger charge is 2.14. The standard InChI is InChI=1S/C10H12Cl2N2O4S/c1-14(2)10(15)13-7-3-4-9(8(12)5-7)18-19(16,17)6-11/h3-5H,6H2,1-2H3,(H,13,15). The summed E-state index contributed by atoms with van der Waals surface area (Å²) in [5, 5.41) is 1.93. The number of halogens is 2. The maximum Gasteiger partial charge on any atom is 0.323 e. The van der Waals surface area contributed by atoms with E-state index in [1.807, 2.05) is 0 Å². The smallest absolute Gasteiger partial charge is 0.323 e. The van der Waals surface area contributed by atoms with Crippen LogP contribution in [0, 0.1) is 0 Å². The molecule has 1 rings (SSSR count). The van der Waals surface area contributed by atoms with Crippen molar-refractivity contribution in [2.45, 2.75) is 0 Å². The Morgan fingerprint density at radius 2 is 2.05 bits per heavy atom. The first-order valence-corrected chi connectivity index (χ1v) is 7.50. The van der Waals surface area contributed by atoms with Gasteiger partial charge in [-0.3, -0.25) is 0 Å². The highest BCUT2D eigenvalue weighted by molar-refractivity contribution is 7.88. The zero-order valence-corrected chi connectivity index (χ0v) is 12.5. The van der Waals surface area contributed by atoms with Gasteiger partial charge >= 0.3 is 16.1 Å². The predicted octanol–water partition coefficient (Wildman–Crippen LogP) is 2.34. The van der Waals surface area contributed by atoms with Crippen LogP contribution >= 0.6 is 23.2 Å². The molecule has 9 heteroatoms. The summed E-state index contributed by atoms with van der Waals surface area (Å²) < 4.78 is 27.0. The second-order valence-electron chi connectivity index (χ2n) is 3.72. The third kappa shape index (κ3) is 4.77.